The number of benzene rings is 1. The summed E-state index contributed by atoms with van der Waals surface area (Å²) < 4.78 is 5.67. The predicted molar refractivity (Wildman–Crippen MR) is 76.0 cm³/mol. The molecule has 1 aromatic carbocycles. The molecule has 0 radical (unpaired) electrons. The van der Waals surface area contributed by atoms with Crippen LogP contribution in [0.2, 0.25) is 0 Å². The molecule has 0 fully saturated rings. The molecule has 1 rings (SSSR count). The van der Waals surface area contributed by atoms with Crippen LogP contribution in [0.1, 0.15) is 31.9 Å². The van der Waals surface area contributed by atoms with E-state index in [2.05, 4.69) is 45.0 Å². The minimum absolute atomic E-state index is 0.749. The molecule has 0 atom stereocenters. The van der Waals surface area contributed by atoms with Crippen LogP contribution in [0, 0.1) is 6.92 Å². The Hall–Kier alpha value is -1.02. The molecule has 17 heavy (non-hydrogen) atoms. The van der Waals surface area contributed by atoms with Crippen molar-refractivity contribution in [2.75, 3.05) is 27.2 Å². The number of hydrogen-bond acceptors (Lipinski definition) is 2. The lowest BCUT2D eigenvalue weighted by Gasteiger charge is -2.12. The van der Waals surface area contributed by atoms with Gasteiger partial charge < -0.3 is 9.64 Å². The van der Waals surface area contributed by atoms with Gasteiger partial charge in [-0.1, -0.05) is 26.8 Å². The molecule has 0 aliphatic carbocycles. The summed E-state index contributed by atoms with van der Waals surface area (Å²) in [6.45, 7) is 10.0. The molecule has 0 unspecified atom stereocenters. The summed E-state index contributed by atoms with van der Waals surface area (Å²) in [5, 5.41) is 0. The minimum atomic E-state index is 0.749. The van der Waals surface area contributed by atoms with E-state index in [1.165, 1.54) is 11.1 Å². The summed E-state index contributed by atoms with van der Waals surface area (Å²) in [4.78, 5) is 2.12. The van der Waals surface area contributed by atoms with Gasteiger partial charge in [0.2, 0.25) is 0 Å². The summed E-state index contributed by atoms with van der Waals surface area (Å²) in [6.07, 6.45) is 1.07. The molecule has 0 spiro atoms. The Labute approximate surface area is 107 Å². The molecular weight excluding hydrogens is 210 g/mol. The van der Waals surface area contributed by atoms with Crippen LogP contribution < -0.4 is 4.74 Å². The second-order valence-electron chi connectivity index (χ2n) is 4.09. The monoisotopic (exact) mass is 237 g/mol. The van der Waals surface area contributed by atoms with Gasteiger partial charge in [0.25, 0.3) is 0 Å². The maximum Gasteiger partial charge on any atom is 0.119 e. The lowest BCUT2D eigenvalue weighted by molar-refractivity contribution is 0.261. The van der Waals surface area contributed by atoms with Crippen molar-refractivity contribution < 1.29 is 4.74 Å². The first-order valence-corrected chi connectivity index (χ1v) is 6.50. The molecule has 0 aromatic heterocycles. The number of ether oxygens (including phenoxy) is 1. The van der Waals surface area contributed by atoms with Crippen LogP contribution in [0.5, 0.6) is 5.75 Å². The van der Waals surface area contributed by atoms with Gasteiger partial charge in [-0.25, -0.2) is 0 Å². The average molecular weight is 237 g/mol. The zero-order valence-electron chi connectivity index (χ0n) is 12.2. The Balaban J connectivity index is 0.00000121. The zero-order valence-corrected chi connectivity index (χ0v) is 12.2. The van der Waals surface area contributed by atoms with Gasteiger partial charge in [-0.2, -0.15) is 0 Å². The minimum Gasteiger partial charge on any atom is -0.492 e. The molecule has 0 N–H and O–H groups in total. The second-order valence-corrected chi connectivity index (χ2v) is 4.09. The number of likely N-dealkylation sites (N-methyl/N-ethyl adjacent to an activating group) is 1. The zero-order chi connectivity index (χ0) is 13.3. The average Bonchev–Trinajstić information content (AvgIpc) is 2.33. The summed E-state index contributed by atoms with van der Waals surface area (Å²) in [5.41, 5.74) is 2.72. The molecule has 1 aromatic rings. The van der Waals surface area contributed by atoms with Crippen molar-refractivity contribution in [2.45, 2.75) is 34.1 Å². The molecule has 2 heteroatoms. The fraction of sp³-hybridized carbons (Fsp3) is 0.600. The summed E-state index contributed by atoms with van der Waals surface area (Å²) in [6, 6.07) is 6.32. The van der Waals surface area contributed by atoms with E-state index in [9.17, 15) is 0 Å². The quantitative estimate of drug-likeness (QED) is 0.777. The van der Waals surface area contributed by atoms with Gasteiger partial charge in [-0.05, 0) is 50.7 Å². The third-order valence-corrected chi connectivity index (χ3v) is 2.51. The van der Waals surface area contributed by atoms with Crippen molar-refractivity contribution in [3.8, 4) is 5.75 Å². The van der Waals surface area contributed by atoms with Gasteiger partial charge in [-0.3, -0.25) is 0 Å². The van der Waals surface area contributed by atoms with Crippen molar-refractivity contribution in [3.63, 3.8) is 0 Å². The van der Waals surface area contributed by atoms with E-state index in [0.29, 0.717) is 0 Å². The Kier molecular flexibility index (Phi) is 8.51. The largest absolute Gasteiger partial charge is 0.492 e. The maximum absolute atomic E-state index is 5.67. The van der Waals surface area contributed by atoms with E-state index in [0.717, 1.165) is 25.3 Å². The highest BCUT2D eigenvalue weighted by molar-refractivity contribution is 5.34. The standard InChI is InChI=1S/C13H21NO.C2H6/c1-5-12-10-13(7-6-11(12)2)15-9-8-14(3)4;1-2/h6-7,10H,5,8-9H2,1-4H3;1-2H3. The van der Waals surface area contributed by atoms with Crippen LogP contribution in [0.4, 0.5) is 0 Å². The predicted octanol–water partition coefficient (Wildman–Crippen LogP) is 3.52. The third kappa shape index (κ3) is 6.32. The molecule has 2 nitrogen and oxygen atoms in total. The fourth-order valence-corrected chi connectivity index (χ4v) is 1.46. The molecule has 0 aliphatic heterocycles. The van der Waals surface area contributed by atoms with Crippen LogP contribution in [0.25, 0.3) is 0 Å². The third-order valence-electron chi connectivity index (χ3n) is 2.51. The van der Waals surface area contributed by atoms with Crippen molar-refractivity contribution in [1.29, 1.82) is 0 Å². The Morgan fingerprint density at radius 1 is 1.18 bits per heavy atom. The van der Waals surface area contributed by atoms with Crippen LogP contribution in [0.15, 0.2) is 18.2 Å². The van der Waals surface area contributed by atoms with Gasteiger partial charge >= 0.3 is 0 Å². The number of rotatable bonds is 5. The highest BCUT2D eigenvalue weighted by atomic mass is 16.5. The van der Waals surface area contributed by atoms with Crippen LogP contribution in [0.3, 0.4) is 0 Å². The molecule has 0 heterocycles. The summed E-state index contributed by atoms with van der Waals surface area (Å²) in [7, 11) is 4.10. The molecular formula is C15H27NO. The fourth-order valence-electron chi connectivity index (χ4n) is 1.46. The SMILES string of the molecule is CC.CCc1cc(OCCN(C)C)ccc1C. The summed E-state index contributed by atoms with van der Waals surface area (Å²) in [5.74, 6) is 0.985. The van der Waals surface area contributed by atoms with E-state index in [1.54, 1.807) is 0 Å². The van der Waals surface area contributed by atoms with E-state index in [1.807, 2.05) is 19.9 Å². The van der Waals surface area contributed by atoms with Gasteiger partial charge in [0, 0.05) is 6.54 Å². The topological polar surface area (TPSA) is 12.5 Å². The second kappa shape index (κ2) is 9.06. The Bertz CT molecular complexity index is 308. The first-order valence-electron chi connectivity index (χ1n) is 6.50. The molecule has 0 saturated heterocycles. The normalized spacial score (nSPS) is 9.82. The van der Waals surface area contributed by atoms with Gasteiger partial charge in [0.05, 0.1) is 0 Å². The summed E-state index contributed by atoms with van der Waals surface area (Å²) >= 11 is 0. The molecule has 0 bridgehead atoms. The highest BCUT2D eigenvalue weighted by Crippen LogP contribution is 2.17. The molecule has 0 saturated carbocycles. The van der Waals surface area contributed by atoms with Crippen molar-refractivity contribution in [1.82, 2.24) is 4.90 Å². The van der Waals surface area contributed by atoms with Crippen molar-refractivity contribution >= 4 is 0 Å². The van der Waals surface area contributed by atoms with Gasteiger partial charge in [0.15, 0.2) is 0 Å². The van der Waals surface area contributed by atoms with Crippen molar-refractivity contribution in [3.05, 3.63) is 29.3 Å². The van der Waals surface area contributed by atoms with Crippen LogP contribution in [-0.2, 0) is 6.42 Å². The molecule has 0 aliphatic rings. The van der Waals surface area contributed by atoms with Crippen LogP contribution in [-0.4, -0.2) is 32.1 Å². The van der Waals surface area contributed by atoms with Gasteiger partial charge in [0.1, 0.15) is 12.4 Å². The number of nitrogens with zero attached hydrogens (tertiary/aromatic N) is 1. The maximum atomic E-state index is 5.67. The lowest BCUT2D eigenvalue weighted by Crippen LogP contribution is -2.19. The van der Waals surface area contributed by atoms with E-state index >= 15 is 0 Å². The van der Waals surface area contributed by atoms with E-state index in [4.69, 9.17) is 4.74 Å². The smallest absolute Gasteiger partial charge is 0.119 e. The van der Waals surface area contributed by atoms with E-state index < -0.39 is 0 Å². The van der Waals surface area contributed by atoms with Crippen molar-refractivity contribution in [2.24, 2.45) is 0 Å². The lowest BCUT2D eigenvalue weighted by atomic mass is 10.1. The van der Waals surface area contributed by atoms with E-state index in [-0.39, 0.29) is 0 Å². The van der Waals surface area contributed by atoms with Crippen LogP contribution >= 0.6 is 0 Å². The Morgan fingerprint density at radius 3 is 2.35 bits per heavy atom. The first-order chi connectivity index (χ1) is 8.13. The molecule has 0 amide bonds. The number of aryl methyl sites for hydroxylation is 2. The first kappa shape index (κ1) is 16.0. The van der Waals surface area contributed by atoms with Gasteiger partial charge in [-0.15, -0.1) is 0 Å². The highest BCUT2D eigenvalue weighted by Gasteiger charge is 1.99. The Morgan fingerprint density at radius 2 is 1.82 bits per heavy atom. The number of hydrogen-bond donors (Lipinski definition) is 0. The molecule has 98 valence electrons.